The zero-order chi connectivity index (χ0) is 11.5. The van der Waals surface area contributed by atoms with Crippen LogP contribution in [-0.4, -0.2) is 30.2 Å². The summed E-state index contributed by atoms with van der Waals surface area (Å²) in [4.78, 5) is 26.4. The molecule has 16 heavy (non-hydrogen) atoms. The quantitative estimate of drug-likeness (QED) is 0.716. The second-order valence-corrected chi connectivity index (χ2v) is 3.57. The maximum absolute atomic E-state index is 12.9. The van der Waals surface area contributed by atoms with E-state index in [4.69, 9.17) is 4.42 Å². The lowest BCUT2D eigenvalue weighted by Gasteiger charge is -2.26. The van der Waals surface area contributed by atoms with Crippen LogP contribution in [0.5, 0.6) is 0 Å². The SMILES string of the molecule is O=NC(=O)c1coc(N2CCC(F)CC2)n1. The van der Waals surface area contributed by atoms with E-state index in [1.54, 1.807) is 4.90 Å². The highest BCUT2D eigenvalue weighted by Crippen LogP contribution is 2.20. The number of oxazole rings is 1. The molecular formula is C9H10FN3O3. The molecule has 1 aliphatic heterocycles. The number of piperidine rings is 1. The minimum atomic E-state index is -0.963. The summed E-state index contributed by atoms with van der Waals surface area (Å²) in [7, 11) is 0. The Morgan fingerprint density at radius 1 is 1.56 bits per heavy atom. The normalized spacial score (nSPS) is 17.4. The number of alkyl halides is 1. The Morgan fingerprint density at radius 3 is 2.88 bits per heavy atom. The Hall–Kier alpha value is -1.79. The van der Waals surface area contributed by atoms with Gasteiger partial charge in [-0.15, -0.1) is 4.91 Å². The van der Waals surface area contributed by atoms with E-state index in [0.29, 0.717) is 25.9 Å². The van der Waals surface area contributed by atoms with Gasteiger partial charge in [-0.05, 0) is 12.8 Å². The summed E-state index contributed by atoms with van der Waals surface area (Å²) < 4.78 is 17.9. The molecule has 2 heterocycles. The Balaban J connectivity index is 2.07. The lowest BCUT2D eigenvalue weighted by Crippen LogP contribution is -2.34. The van der Waals surface area contributed by atoms with Crippen LogP contribution in [0.2, 0.25) is 0 Å². The van der Waals surface area contributed by atoms with Gasteiger partial charge in [0.2, 0.25) is 0 Å². The lowest BCUT2D eigenvalue weighted by atomic mass is 10.1. The van der Waals surface area contributed by atoms with Crippen molar-refractivity contribution in [3.05, 3.63) is 16.9 Å². The number of halogens is 1. The summed E-state index contributed by atoms with van der Waals surface area (Å²) in [6, 6.07) is 0.235. The lowest BCUT2D eigenvalue weighted by molar-refractivity contribution is 0.0996. The average molecular weight is 227 g/mol. The Bertz CT molecular complexity index is 398. The maximum Gasteiger partial charge on any atom is 0.338 e. The Labute approximate surface area is 90.4 Å². The van der Waals surface area contributed by atoms with E-state index >= 15 is 0 Å². The van der Waals surface area contributed by atoms with Gasteiger partial charge in [0.05, 0.1) is 0 Å². The summed E-state index contributed by atoms with van der Waals surface area (Å²) >= 11 is 0. The molecule has 1 aromatic rings. The molecule has 0 saturated carbocycles. The van der Waals surface area contributed by atoms with Crippen molar-refractivity contribution < 1.29 is 13.6 Å². The first-order valence-electron chi connectivity index (χ1n) is 4.93. The molecule has 1 aromatic heterocycles. The molecule has 0 radical (unpaired) electrons. The van der Waals surface area contributed by atoms with Crippen molar-refractivity contribution in [2.75, 3.05) is 18.0 Å². The van der Waals surface area contributed by atoms with Crippen molar-refractivity contribution in [1.82, 2.24) is 4.98 Å². The van der Waals surface area contributed by atoms with Crippen LogP contribution in [0.3, 0.4) is 0 Å². The van der Waals surface area contributed by atoms with Crippen molar-refractivity contribution in [1.29, 1.82) is 0 Å². The van der Waals surface area contributed by atoms with E-state index in [9.17, 15) is 14.1 Å². The van der Waals surface area contributed by atoms with Gasteiger partial charge in [0.15, 0.2) is 5.69 Å². The smallest absolute Gasteiger partial charge is 0.338 e. The van der Waals surface area contributed by atoms with Crippen LogP contribution in [0, 0.1) is 4.91 Å². The molecule has 0 atom stereocenters. The average Bonchev–Trinajstić information content (AvgIpc) is 2.78. The van der Waals surface area contributed by atoms with E-state index in [0.717, 1.165) is 6.26 Å². The molecule has 6 nitrogen and oxygen atoms in total. The third-order valence-electron chi connectivity index (χ3n) is 2.49. The number of nitrogens with zero attached hydrogens (tertiary/aromatic N) is 3. The number of amides is 1. The number of carbonyl (C=O) groups is 1. The monoisotopic (exact) mass is 227 g/mol. The molecular weight excluding hydrogens is 217 g/mol. The molecule has 86 valence electrons. The van der Waals surface area contributed by atoms with Gasteiger partial charge in [0.25, 0.3) is 6.01 Å². The topological polar surface area (TPSA) is 75.8 Å². The number of nitroso groups, excluding NO2 is 1. The summed E-state index contributed by atoms with van der Waals surface area (Å²) in [5.41, 5.74) is -0.118. The number of hydrogen-bond acceptors (Lipinski definition) is 5. The molecule has 1 fully saturated rings. The molecule has 1 aliphatic rings. The first kappa shape index (κ1) is 10.7. The molecule has 0 aromatic carbocycles. The van der Waals surface area contributed by atoms with Gasteiger partial charge in [-0.3, -0.25) is 4.79 Å². The molecule has 2 rings (SSSR count). The fourth-order valence-electron chi connectivity index (χ4n) is 1.59. The van der Waals surface area contributed by atoms with E-state index in [1.165, 1.54) is 0 Å². The van der Waals surface area contributed by atoms with Crippen molar-refractivity contribution in [3.8, 4) is 0 Å². The second-order valence-electron chi connectivity index (χ2n) is 3.57. The molecule has 7 heteroatoms. The third-order valence-corrected chi connectivity index (χ3v) is 2.49. The fraction of sp³-hybridized carbons (Fsp3) is 0.556. The highest BCUT2D eigenvalue weighted by atomic mass is 19.1. The predicted octanol–water partition coefficient (Wildman–Crippen LogP) is 1.52. The summed E-state index contributed by atoms with van der Waals surface area (Å²) in [5.74, 6) is -0.963. The largest absolute Gasteiger partial charge is 0.431 e. The van der Waals surface area contributed by atoms with Crippen LogP contribution in [0.25, 0.3) is 0 Å². The number of rotatable bonds is 2. The van der Waals surface area contributed by atoms with Crippen LogP contribution in [-0.2, 0) is 0 Å². The number of anilines is 1. The molecule has 0 spiro atoms. The number of aromatic nitrogens is 1. The van der Waals surface area contributed by atoms with E-state index in [1.807, 2.05) is 0 Å². The first-order chi connectivity index (χ1) is 7.70. The highest BCUT2D eigenvalue weighted by Gasteiger charge is 2.23. The van der Waals surface area contributed by atoms with Crippen LogP contribution in [0.4, 0.5) is 10.4 Å². The van der Waals surface area contributed by atoms with Gasteiger partial charge in [0, 0.05) is 18.3 Å². The van der Waals surface area contributed by atoms with Gasteiger partial charge < -0.3 is 9.32 Å². The summed E-state index contributed by atoms with van der Waals surface area (Å²) in [6.45, 7) is 0.980. The number of hydrogen-bond donors (Lipinski definition) is 0. The van der Waals surface area contributed by atoms with Gasteiger partial charge in [-0.25, -0.2) is 4.39 Å². The molecule has 0 bridgehead atoms. The van der Waals surface area contributed by atoms with Crippen LogP contribution >= 0.6 is 0 Å². The summed E-state index contributed by atoms with van der Waals surface area (Å²) in [6.07, 6.45) is 1.12. The van der Waals surface area contributed by atoms with Crippen LogP contribution < -0.4 is 4.90 Å². The zero-order valence-corrected chi connectivity index (χ0v) is 8.43. The van der Waals surface area contributed by atoms with Crippen LogP contribution in [0.15, 0.2) is 15.9 Å². The van der Waals surface area contributed by atoms with Gasteiger partial charge in [0.1, 0.15) is 12.4 Å². The molecule has 1 amide bonds. The summed E-state index contributed by atoms with van der Waals surface area (Å²) in [5, 5.41) is 2.24. The van der Waals surface area contributed by atoms with Gasteiger partial charge in [-0.1, -0.05) is 0 Å². The maximum atomic E-state index is 12.9. The highest BCUT2D eigenvalue weighted by molar-refractivity contribution is 5.92. The number of carbonyl (C=O) groups excluding carboxylic acids is 1. The third kappa shape index (κ3) is 2.07. The van der Waals surface area contributed by atoms with E-state index in [-0.39, 0.29) is 11.7 Å². The van der Waals surface area contributed by atoms with E-state index in [2.05, 4.69) is 10.2 Å². The molecule has 1 saturated heterocycles. The second kappa shape index (κ2) is 4.38. The van der Waals surface area contributed by atoms with Gasteiger partial charge in [-0.2, -0.15) is 4.98 Å². The van der Waals surface area contributed by atoms with E-state index < -0.39 is 12.1 Å². The van der Waals surface area contributed by atoms with Crippen molar-refractivity contribution in [2.45, 2.75) is 19.0 Å². The standard InChI is InChI=1S/C9H10FN3O3/c10-6-1-3-13(4-2-6)9-11-7(5-16-9)8(14)12-15/h5-6H,1-4H2. The Kier molecular flexibility index (Phi) is 2.93. The molecule has 0 aliphatic carbocycles. The Morgan fingerprint density at radius 2 is 2.25 bits per heavy atom. The zero-order valence-electron chi connectivity index (χ0n) is 8.43. The van der Waals surface area contributed by atoms with Gasteiger partial charge >= 0.3 is 5.91 Å². The molecule has 0 unspecified atom stereocenters. The molecule has 0 N–H and O–H groups in total. The fourth-order valence-corrected chi connectivity index (χ4v) is 1.59. The minimum absolute atomic E-state index is 0.118. The minimum Gasteiger partial charge on any atom is -0.431 e. The van der Waals surface area contributed by atoms with Crippen molar-refractivity contribution in [2.24, 2.45) is 5.18 Å². The van der Waals surface area contributed by atoms with Crippen molar-refractivity contribution in [3.63, 3.8) is 0 Å². The van der Waals surface area contributed by atoms with Crippen molar-refractivity contribution >= 4 is 11.9 Å². The predicted molar refractivity (Wildman–Crippen MR) is 53.0 cm³/mol. The van der Waals surface area contributed by atoms with Crippen LogP contribution in [0.1, 0.15) is 23.3 Å². The first-order valence-corrected chi connectivity index (χ1v) is 4.93.